The summed E-state index contributed by atoms with van der Waals surface area (Å²) in [7, 11) is 0. The van der Waals surface area contributed by atoms with Crippen molar-refractivity contribution in [1.29, 1.82) is 0 Å². The van der Waals surface area contributed by atoms with Crippen LogP contribution in [0.2, 0.25) is 0 Å². The molecule has 12 heavy (non-hydrogen) atoms. The molecule has 1 radical (unpaired) electrons. The van der Waals surface area contributed by atoms with Crippen LogP contribution in [-0.2, 0) is 10.3 Å². The second kappa shape index (κ2) is 2.83. The van der Waals surface area contributed by atoms with Gasteiger partial charge in [-0.1, -0.05) is 22.0 Å². The lowest BCUT2D eigenvalue weighted by atomic mass is 9.89. The van der Waals surface area contributed by atoms with Crippen molar-refractivity contribution in [2.45, 2.75) is 5.54 Å². The van der Waals surface area contributed by atoms with Crippen LogP contribution in [0.1, 0.15) is 5.56 Å². The number of nitrogens with two attached hydrogens (primary N) is 1. The summed E-state index contributed by atoms with van der Waals surface area (Å²) >= 11 is 3.35. The molecule has 2 N–H and O–H groups in total. The van der Waals surface area contributed by atoms with Crippen LogP contribution >= 0.6 is 15.9 Å². The maximum atomic E-state index is 6.00. The Morgan fingerprint density at radius 1 is 1.50 bits per heavy atom. The monoisotopic (exact) mass is 226 g/mol. The van der Waals surface area contributed by atoms with Crippen molar-refractivity contribution in [2.24, 2.45) is 5.73 Å². The molecule has 1 heterocycles. The van der Waals surface area contributed by atoms with Crippen LogP contribution in [0, 0.1) is 6.07 Å². The molecule has 1 aromatic rings. The number of hydrogen-bond donors (Lipinski definition) is 1. The molecule has 0 atom stereocenters. The molecule has 3 heteroatoms. The number of hydrogen-bond acceptors (Lipinski definition) is 2. The van der Waals surface area contributed by atoms with E-state index in [2.05, 4.69) is 22.0 Å². The molecule has 0 bridgehead atoms. The Morgan fingerprint density at radius 2 is 2.25 bits per heavy atom. The van der Waals surface area contributed by atoms with Gasteiger partial charge in [-0.2, -0.15) is 0 Å². The Labute approximate surface area is 79.8 Å². The quantitative estimate of drug-likeness (QED) is 0.787. The van der Waals surface area contributed by atoms with Crippen LogP contribution in [0.25, 0.3) is 0 Å². The van der Waals surface area contributed by atoms with Gasteiger partial charge in [0.25, 0.3) is 0 Å². The molecule has 1 aromatic carbocycles. The summed E-state index contributed by atoms with van der Waals surface area (Å²) in [6, 6.07) is 8.95. The predicted molar refractivity (Wildman–Crippen MR) is 49.7 cm³/mol. The topological polar surface area (TPSA) is 35.2 Å². The van der Waals surface area contributed by atoms with Gasteiger partial charge in [-0.3, -0.25) is 0 Å². The van der Waals surface area contributed by atoms with Crippen molar-refractivity contribution in [1.82, 2.24) is 0 Å². The van der Waals surface area contributed by atoms with E-state index in [1.165, 1.54) is 0 Å². The summed E-state index contributed by atoms with van der Waals surface area (Å²) in [5.74, 6) is 0. The lowest BCUT2D eigenvalue weighted by Gasteiger charge is -2.37. The van der Waals surface area contributed by atoms with Crippen molar-refractivity contribution < 1.29 is 4.74 Å². The summed E-state index contributed by atoms with van der Waals surface area (Å²) < 4.78 is 6.09. The smallest absolute Gasteiger partial charge is 0.0889 e. The van der Waals surface area contributed by atoms with Crippen LogP contribution in [0.5, 0.6) is 0 Å². The predicted octanol–water partition coefficient (Wildman–Crippen LogP) is 1.43. The van der Waals surface area contributed by atoms with E-state index >= 15 is 0 Å². The van der Waals surface area contributed by atoms with Crippen LogP contribution in [-0.4, -0.2) is 13.2 Å². The molecule has 0 spiro atoms. The molecule has 0 aromatic heterocycles. The molecule has 1 fully saturated rings. The molecule has 2 nitrogen and oxygen atoms in total. The van der Waals surface area contributed by atoms with E-state index in [-0.39, 0.29) is 5.54 Å². The van der Waals surface area contributed by atoms with Gasteiger partial charge in [0.2, 0.25) is 0 Å². The zero-order chi connectivity index (χ0) is 8.60. The van der Waals surface area contributed by atoms with Crippen molar-refractivity contribution in [2.75, 3.05) is 13.2 Å². The van der Waals surface area contributed by atoms with Gasteiger partial charge in [0.15, 0.2) is 0 Å². The highest BCUT2D eigenvalue weighted by Crippen LogP contribution is 2.26. The summed E-state index contributed by atoms with van der Waals surface area (Å²) in [5.41, 5.74) is 6.74. The normalized spacial score (nSPS) is 20.2. The van der Waals surface area contributed by atoms with Gasteiger partial charge in [0, 0.05) is 4.47 Å². The maximum absolute atomic E-state index is 6.00. The fraction of sp³-hybridized carbons (Fsp3) is 0.333. The molecule has 1 aliphatic heterocycles. The van der Waals surface area contributed by atoms with Gasteiger partial charge in [0.05, 0.1) is 18.8 Å². The van der Waals surface area contributed by atoms with E-state index in [9.17, 15) is 0 Å². The lowest BCUT2D eigenvalue weighted by molar-refractivity contribution is -0.0570. The Morgan fingerprint density at radius 3 is 2.67 bits per heavy atom. The van der Waals surface area contributed by atoms with Crippen molar-refractivity contribution >= 4 is 15.9 Å². The Bertz CT molecular complexity index is 279. The standard InChI is InChI=1S/C9H9BrNO/c10-8-3-1-7(2-4-8)9(11)5-12-6-9/h1,3-4H,5-6,11H2. The van der Waals surface area contributed by atoms with E-state index in [0.29, 0.717) is 13.2 Å². The number of halogens is 1. The summed E-state index contributed by atoms with van der Waals surface area (Å²) in [4.78, 5) is 0. The van der Waals surface area contributed by atoms with Gasteiger partial charge in [-0.05, 0) is 23.8 Å². The highest BCUT2D eigenvalue weighted by molar-refractivity contribution is 9.10. The molecule has 1 aliphatic rings. The van der Waals surface area contributed by atoms with Crippen molar-refractivity contribution in [3.8, 4) is 0 Å². The largest absolute Gasteiger partial charge is 0.377 e. The minimum atomic E-state index is -0.291. The maximum Gasteiger partial charge on any atom is 0.0889 e. The zero-order valence-corrected chi connectivity index (χ0v) is 8.10. The Hall–Kier alpha value is -0.380. The second-order valence-corrected chi connectivity index (χ2v) is 3.99. The van der Waals surface area contributed by atoms with E-state index in [0.717, 1.165) is 10.0 Å². The number of ether oxygens (including phenoxy) is 1. The SMILES string of the molecule is NC1(c2[c]cc(Br)cc2)COC1. The van der Waals surface area contributed by atoms with E-state index in [1.807, 2.05) is 18.2 Å². The minimum Gasteiger partial charge on any atom is -0.377 e. The average Bonchev–Trinajstić information content (AvgIpc) is 2.02. The fourth-order valence-electron chi connectivity index (χ4n) is 1.19. The van der Waals surface area contributed by atoms with Crippen molar-refractivity contribution in [3.63, 3.8) is 0 Å². The van der Waals surface area contributed by atoms with Crippen molar-refractivity contribution in [3.05, 3.63) is 34.3 Å². The summed E-state index contributed by atoms with van der Waals surface area (Å²) in [6.07, 6.45) is 0. The second-order valence-electron chi connectivity index (χ2n) is 3.07. The summed E-state index contributed by atoms with van der Waals surface area (Å²) in [5, 5.41) is 0. The van der Waals surface area contributed by atoms with Crippen LogP contribution in [0.15, 0.2) is 22.7 Å². The molecule has 0 saturated carbocycles. The van der Waals surface area contributed by atoms with Crippen LogP contribution in [0.3, 0.4) is 0 Å². The third-order valence-corrected chi connectivity index (χ3v) is 2.52. The van der Waals surface area contributed by atoms with E-state index in [1.54, 1.807) is 0 Å². The zero-order valence-electron chi connectivity index (χ0n) is 6.51. The number of benzene rings is 1. The molecule has 0 aliphatic carbocycles. The Kier molecular flexibility index (Phi) is 1.94. The van der Waals surface area contributed by atoms with Gasteiger partial charge in [-0.15, -0.1) is 0 Å². The first-order chi connectivity index (χ1) is 5.71. The first-order valence-electron chi connectivity index (χ1n) is 3.75. The van der Waals surface area contributed by atoms with E-state index < -0.39 is 0 Å². The van der Waals surface area contributed by atoms with Gasteiger partial charge < -0.3 is 10.5 Å². The minimum absolute atomic E-state index is 0.291. The summed E-state index contributed by atoms with van der Waals surface area (Å²) in [6.45, 7) is 1.20. The van der Waals surface area contributed by atoms with Gasteiger partial charge >= 0.3 is 0 Å². The lowest BCUT2D eigenvalue weighted by Crippen LogP contribution is -2.54. The van der Waals surface area contributed by atoms with Crippen LogP contribution < -0.4 is 5.73 Å². The fourth-order valence-corrected chi connectivity index (χ4v) is 1.44. The van der Waals surface area contributed by atoms with Crippen LogP contribution in [0.4, 0.5) is 0 Å². The van der Waals surface area contributed by atoms with Gasteiger partial charge in [-0.25, -0.2) is 0 Å². The third-order valence-electron chi connectivity index (χ3n) is 2.03. The highest BCUT2D eigenvalue weighted by atomic mass is 79.9. The molecular formula is C9H9BrNO. The molecule has 63 valence electrons. The molecule has 1 saturated heterocycles. The first kappa shape index (κ1) is 8.23. The van der Waals surface area contributed by atoms with E-state index in [4.69, 9.17) is 10.5 Å². The molecule has 0 unspecified atom stereocenters. The third kappa shape index (κ3) is 1.28. The molecule has 2 rings (SSSR count). The number of rotatable bonds is 1. The van der Waals surface area contributed by atoms with Gasteiger partial charge in [0.1, 0.15) is 0 Å². The average molecular weight is 227 g/mol. The molecular weight excluding hydrogens is 218 g/mol. The molecule has 0 amide bonds. The highest BCUT2D eigenvalue weighted by Gasteiger charge is 2.35. The first-order valence-corrected chi connectivity index (χ1v) is 4.54. The Balaban J connectivity index is 2.28.